The first-order valence-corrected chi connectivity index (χ1v) is 10.2. The number of amides is 1. The number of thioether (sulfide) groups is 1. The van der Waals surface area contributed by atoms with E-state index >= 15 is 0 Å². The van der Waals surface area contributed by atoms with Crippen molar-refractivity contribution in [3.63, 3.8) is 0 Å². The molecule has 2 rings (SSSR count). The van der Waals surface area contributed by atoms with E-state index in [1.54, 1.807) is 19.0 Å². The minimum Gasteiger partial charge on any atom is -0.357 e. The molecule has 0 radical (unpaired) electrons. The van der Waals surface area contributed by atoms with Gasteiger partial charge in [0.05, 0.1) is 0 Å². The summed E-state index contributed by atoms with van der Waals surface area (Å²) in [6, 6.07) is 8.34. The number of guanidine groups is 1. The molecule has 0 aliphatic carbocycles. The van der Waals surface area contributed by atoms with Gasteiger partial charge in [-0.1, -0.05) is 12.1 Å². The van der Waals surface area contributed by atoms with Gasteiger partial charge in [-0.3, -0.25) is 9.79 Å². The molecule has 0 spiro atoms. The maximum Gasteiger partial charge on any atom is 0.253 e. The molecule has 1 aromatic carbocycles. The van der Waals surface area contributed by atoms with Gasteiger partial charge in [0, 0.05) is 44.5 Å². The van der Waals surface area contributed by atoms with Crippen molar-refractivity contribution in [2.45, 2.75) is 32.2 Å². The molecule has 1 amide bonds. The zero-order chi connectivity index (χ0) is 18.1. The highest BCUT2D eigenvalue weighted by atomic mass is 127. The fourth-order valence-electron chi connectivity index (χ4n) is 2.78. The lowest BCUT2D eigenvalue weighted by Gasteiger charge is -2.24. The molecule has 146 valence electrons. The first kappa shape index (κ1) is 23.1. The maximum absolute atomic E-state index is 12.1. The minimum absolute atomic E-state index is 0. The monoisotopic (exact) mass is 490 g/mol. The average Bonchev–Trinajstić information content (AvgIpc) is 2.62. The molecule has 1 unspecified atom stereocenters. The van der Waals surface area contributed by atoms with E-state index in [0.717, 1.165) is 35.8 Å². The van der Waals surface area contributed by atoms with Crippen molar-refractivity contribution in [2.24, 2.45) is 4.99 Å². The third-order valence-electron chi connectivity index (χ3n) is 4.10. The van der Waals surface area contributed by atoms with Crippen LogP contribution in [0.4, 0.5) is 0 Å². The molecular weight excluding hydrogens is 459 g/mol. The SMILES string of the molecule is CCNC(=NCCc1cccc(C(=O)N(C)C)c1)NC1CCCSC1.I. The molecule has 2 N–H and O–H groups in total. The summed E-state index contributed by atoms with van der Waals surface area (Å²) >= 11 is 2.01. The van der Waals surface area contributed by atoms with Gasteiger partial charge in [-0.05, 0) is 49.6 Å². The lowest BCUT2D eigenvalue weighted by atomic mass is 10.1. The summed E-state index contributed by atoms with van der Waals surface area (Å²) in [6.45, 7) is 3.65. The van der Waals surface area contributed by atoms with Crippen molar-refractivity contribution in [2.75, 3.05) is 38.7 Å². The number of hydrogen-bond acceptors (Lipinski definition) is 3. The summed E-state index contributed by atoms with van der Waals surface area (Å²) in [4.78, 5) is 18.4. The van der Waals surface area contributed by atoms with Crippen molar-refractivity contribution in [1.29, 1.82) is 0 Å². The average molecular weight is 490 g/mol. The Morgan fingerprint density at radius 3 is 2.85 bits per heavy atom. The van der Waals surface area contributed by atoms with Crippen LogP contribution in [0.1, 0.15) is 35.7 Å². The number of aliphatic imine (C=N–C) groups is 1. The van der Waals surface area contributed by atoms with Crippen molar-refractivity contribution in [3.05, 3.63) is 35.4 Å². The van der Waals surface area contributed by atoms with Crippen molar-refractivity contribution >= 4 is 47.6 Å². The normalized spacial score (nSPS) is 17.2. The molecule has 1 aliphatic heterocycles. The Bertz CT molecular complexity index is 589. The lowest BCUT2D eigenvalue weighted by molar-refractivity contribution is 0.0827. The van der Waals surface area contributed by atoms with Crippen molar-refractivity contribution in [1.82, 2.24) is 15.5 Å². The van der Waals surface area contributed by atoms with E-state index in [-0.39, 0.29) is 29.9 Å². The molecule has 1 aliphatic rings. The quantitative estimate of drug-likeness (QED) is 0.366. The Kier molecular flexibility index (Phi) is 11.0. The molecule has 5 nitrogen and oxygen atoms in total. The second kappa shape index (κ2) is 12.4. The Hall–Kier alpha value is -0.960. The highest BCUT2D eigenvalue weighted by Gasteiger charge is 2.14. The molecule has 0 saturated carbocycles. The Balaban J connectivity index is 0.00000338. The second-order valence-electron chi connectivity index (χ2n) is 6.47. The van der Waals surface area contributed by atoms with E-state index < -0.39 is 0 Å². The molecule has 0 aromatic heterocycles. The van der Waals surface area contributed by atoms with Crippen molar-refractivity contribution in [3.8, 4) is 0 Å². The van der Waals surface area contributed by atoms with Gasteiger partial charge in [-0.25, -0.2) is 0 Å². The van der Waals surface area contributed by atoms with Crippen LogP contribution >= 0.6 is 35.7 Å². The number of carbonyl (C=O) groups is 1. The molecule has 7 heteroatoms. The van der Waals surface area contributed by atoms with Crippen LogP contribution in [-0.2, 0) is 6.42 Å². The molecule has 0 bridgehead atoms. The van der Waals surface area contributed by atoms with Gasteiger partial charge in [-0.2, -0.15) is 11.8 Å². The molecule has 1 saturated heterocycles. The summed E-state index contributed by atoms with van der Waals surface area (Å²) in [5, 5.41) is 6.87. The van der Waals surface area contributed by atoms with Crippen molar-refractivity contribution < 1.29 is 4.79 Å². The van der Waals surface area contributed by atoms with E-state index in [0.29, 0.717) is 12.6 Å². The predicted molar refractivity (Wildman–Crippen MR) is 123 cm³/mol. The zero-order valence-corrected chi connectivity index (χ0v) is 19.1. The molecular formula is C19H31IN4OS. The summed E-state index contributed by atoms with van der Waals surface area (Å²) in [6.07, 6.45) is 3.31. The van der Waals surface area contributed by atoms with Crippen LogP contribution < -0.4 is 10.6 Å². The third kappa shape index (κ3) is 7.73. The van der Waals surface area contributed by atoms with E-state index in [2.05, 4.69) is 23.6 Å². The van der Waals surface area contributed by atoms with E-state index in [1.165, 1.54) is 18.6 Å². The highest BCUT2D eigenvalue weighted by Crippen LogP contribution is 2.16. The summed E-state index contributed by atoms with van der Waals surface area (Å²) in [5.74, 6) is 3.36. The first-order chi connectivity index (χ1) is 12.1. The van der Waals surface area contributed by atoms with Crippen LogP contribution in [-0.4, -0.2) is 61.5 Å². The molecule has 26 heavy (non-hydrogen) atoms. The number of halogens is 1. The maximum atomic E-state index is 12.1. The summed E-state index contributed by atoms with van der Waals surface area (Å²) in [7, 11) is 3.55. The topological polar surface area (TPSA) is 56.7 Å². The number of hydrogen-bond donors (Lipinski definition) is 2. The van der Waals surface area contributed by atoms with Gasteiger partial charge >= 0.3 is 0 Å². The Labute approximate surface area is 178 Å². The highest BCUT2D eigenvalue weighted by molar-refractivity contribution is 14.0. The number of nitrogens with one attached hydrogen (secondary N) is 2. The molecule has 1 aromatic rings. The second-order valence-corrected chi connectivity index (χ2v) is 7.62. The molecule has 1 fully saturated rings. The minimum atomic E-state index is 0. The fraction of sp³-hybridized carbons (Fsp3) is 0.579. The van der Waals surface area contributed by atoms with Crippen LogP contribution in [0.2, 0.25) is 0 Å². The number of benzene rings is 1. The third-order valence-corrected chi connectivity index (χ3v) is 5.31. The standard InChI is InChI=1S/C19H30N4OS.HI/c1-4-20-19(22-17-9-6-12-25-14-17)21-11-10-15-7-5-8-16(13-15)18(24)23(2)3;/h5,7-8,13,17H,4,6,9-12,14H2,1-3H3,(H2,20,21,22);1H. The number of rotatable bonds is 6. The van der Waals surface area contributed by atoms with Crippen LogP contribution in [0, 0.1) is 0 Å². The van der Waals surface area contributed by atoms with Gasteiger partial charge in [0.1, 0.15) is 0 Å². The van der Waals surface area contributed by atoms with E-state index in [4.69, 9.17) is 4.99 Å². The van der Waals surface area contributed by atoms with Gasteiger partial charge < -0.3 is 15.5 Å². The predicted octanol–water partition coefficient (Wildman–Crippen LogP) is 3.00. The van der Waals surface area contributed by atoms with Gasteiger partial charge in [0.15, 0.2) is 5.96 Å². The van der Waals surface area contributed by atoms with Crippen LogP contribution in [0.3, 0.4) is 0 Å². The molecule has 1 atom stereocenters. The lowest BCUT2D eigenvalue weighted by Crippen LogP contribution is -2.45. The van der Waals surface area contributed by atoms with Gasteiger partial charge in [-0.15, -0.1) is 24.0 Å². The van der Waals surface area contributed by atoms with Gasteiger partial charge in [0.25, 0.3) is 5.91 Å². The smallest absolute Gasteiger partial charge is 0.253 e. The number of nitrogens with zero attached hydrogens (tertiary/aromatic N) is 2. The summed E-state index contributed by atoms with van der Waals surface area (Å²) in [5.41, 5.74) is 1.87. The van der Waals surface area contributed by atoms with Crippen LogP contribution in [0.5, 0.6) is 0 Å². The Morgan fingerprint density at radius 1 is 1.38 bits per heavy atom. The van der Waals surface area contributed by atoms with E-state index in [9.17, 15) is 4.79 Å². The first-order valence-electron chi connectivity index (χ1n) is 9.03. The largest absolute Gasteiger partial charge is 0.357 e. The van der Waals surface area contributed by atoms with Crippen LogP contribution in [0.25, 0.3) is 0 Å². The summed E-state index contributed by atoms with van der Waals surface area (Å²) < 4.78 is 0. The molecule has 1 heterocycles. The van der Waals surface area contributed by atoms with Gasteiger partial charge in [0.2, 0.25) is 0 Å². The fourth-order valence-corrected chi connectivity index (χ4v) is 3.85. The Morgan fingerprint density at radius 2 is 2.19 bits per heavy atom. The van der Waals surface area contributed by atoms with Crippen LogP contribution in [0.15, 0.2) is 29.3 Å². The van der Waals surface area contributed by atoms with E-state index in [1.807, 2.05) is 30.0 Å². The number of carbonyl (C=O) groups excluding carboxylic acids is 1. The zero-order valence-electron chi connectivity index (χ0n) is 16.0.